The first-order valence-corrected chi connectivity index (χ1v) is 11.5. The van der Waals surface area contributed by atoms with E-state index in [0.717, 1.165) is 5.56 Å². The van der Waals surface area contributed by atoms with E-state index in [1.165, 1.54) is 13.3 Å². The molecule has 3 N–H and O–H groups in total. The number of nitrogens with zero attached hydrogens (tertiary/aromatic N) is 1. The molecule has 0 aliphatic carbocycles. The molecule has 34 heavy (non-hydrogen) atoms. The number of carbonyl (C=O) groups excluding carboxylic acids is 3. The summed E-state index contributed by atoms with van der Waals surface area (Å²) < 4.78 is 11.5. The SMILES string of the molecule is CC[C@@H](C)NC(=O)C(=O)N/N=C\c1cc(Br)c(OCC(=O)Nc2ccc(C)c(Cl)c2)c(OC)c1. The van der Waals surface area contributed by atoms with E-state index >= 15 is 0 Å². The monoisotopic (exact) mass is 552 g/mol. The second-order valence-corrected chi connectivity index (χ2v) is 8.58. The number of carbonyl (C=O) groups is 3. The summed E-state index contributed by atoms with van der Waals surface area (Å²) in [4.78, 5) is 35.8. The number of benzene rings is 2. The first kappa shape index (κ1) is 27.1. The third-order valence-electron chi connectivity index (χ3n) is 4.63. The van der Waals surface area contributed by atoms with Crippen LogP contribution in [0.3, 0.4) is 0 Å². The maximum Gasteiger partial charge on any atom is 0.329 e. The topological polar surface area (TPSA) is 118 Å². The minimum absolute atomic E-state index is 0.119. The molecule has 0 fully saturated rings. The molecule has 1 atom stereocenters. The van der Waals surface area contributed by atoms with Crippen LogP contribution in [0.1, 0.15) is 31.4 Å². The second kappa shape index (κ2) is 13.0. The Kier molecular flexibility index (Phi) is 10.3. The van der Waals surface area contributed by atoms with E-state index in [2.05, 4.69) is 37.1 Å². The Bertz CT molecular complexity index is 1090. The van der Waals surface area contributed by atoms with Gasteiger partial charge in [-0.2, -0.15) is 5.10 Å². The normalized spacial score (nSPS) is 11.6. The van der Waals surface area contributed by atoms with E-state index in [1.54, 1.807) is 37.3 Å². The molecule has 9 nitrogen and oxygen atoms in total. The van der Waals surface area contributed by atoms with Crippen molar-refractivity contribution in [3.05, 3.63) is 51.0 Å². The number of hydrogen-bond donors (Lipinski definition) is 3. The zero-order chi connectivity index (χ0) is 25.3. The number of ether oxygens (including phenoxy) is 2. The zero-order valence-corrected chi connectivity index (χ0v) is 21.5. The molecular formula is C23H26BrClN4O5. The summed E-state index contributed by atoms with van der Waals surface area (Å²) in [5, 5.41) is 9.61. The molecule has 0 heterocycles. The van der Waals surface area contributed by atoms with Crippen molar-refractivity contribution in [1.29, 1.82) is 0 Å². The van der Waals surface area contributed by atoms with Gasteiger partial charge < -0.3 is 20.1 Å². The summed E-state index contributed by atoms with van der Waals surface area (Å²) in [7, 11) is 1.45. The predicted octanol–water partition coefficient (Wildman–Crippen LogP) is 3.80. The fourth-order valence-electron chi connectivity index (χ4n) is 2.57. The number of hydrogen-bond acceptors (Lipinski definition) is 6. The lowest BCUT2D eigenvalue weighted by Crippen LogP contribution is -2.41. The van der Waals surface area contributed by atoms with Gasteiger partial charge in [0.2, 0.25) is 0 Å². The van der Waals surface area contributed by atoms with E-state index < -0.39 is 11.8 Å². The van der Waals surface area contributed by atoms with Crippen molar-refractivity contribution in [2.45, 2.75) is 33.2 Å². The number of halogens is 2. The number of rotatable bonds is 9. The first-order valence-electron chi connectivity index (χ1n) is 10.3. The van der Waals surface area contributed by atoms with Crippen molar-refractivity contribution in [3.63, 3.8) is 0 Å². The van der Waals surface area contributed by atoms with Gasteiger partial charge in [0.15, 0.2) is 18.1 Å². The fraction of sp³-hybridized carbons (Fsp3) is 0.304. The Morgan fingerprint density at radius 3 is 2.59 bits per heavy atom. The highest BCUT2D eigenvalue weighted by atomic mass is 79.9. The van der Waals surface area contributed by atoms with Crippen LogP contribution in [0.4, 0.5) is 5.69 Å². The summed E-state index contributed by atoms with van der Waals surface area (Å²) in [5.74, 6) is -1.36. The fourth-order valence-corrected chi connectivity index (χ4v) is 3.32. The Labute approximate surface area is 211 Å². The van der Waals surface area contributed by atoms with Gasteiger partial charge in [0.05, 0.1) is 17.8 Å². The Morgan fingerprint density at radius 2 is 1.94 bits per heavy atom. The number of methoxy groups -OCH3 is 1. The van der Waals surface area contributed by atoms with Gasteiger partial charge in [-0.25, -0.2) is 5.43 Å². The lowest BCUT2D eigenvalue weighted by molar-refractivity contribution is -0.139. The number of hydrazone groups is 1. The lowest BCUT2D eigenvalue weighted by Gasteiger charge is -2.14. The molecule has 182 valence electrons. The van der Waals surface area contributed by atoms with E-state index in [0.29, 0.717) is 38.7 Å². The van der Waals surface area contributed by atoms with Crippen molar-refractivity contribution in [3.8, 4) is 11.5 Å². The molecule has 2 aromatic carbocycles. The molecule has 0 aliphatic heterocycles. The third-order valence-corrected chi connectivity index (χ3v) is 5.63. The van der Waals surface area contributed by atoms with Crippen LogP contribution < -0.4 is 25.5 Å². The number of amides is 3. The van der Waals surface area contributed by atoms with Crippen molar-refractivity contribution in [2.75, 3.05) is 19.0 Å². The highest BCUT2D eigenvalue weighted by Crippen LogP contribution is 2.36. The molecule has 0 spiro atoms. The lowest BCUT2D eigenvalue weighted by atomic mass is 10.2. The number of aryl methyl sites for hydroxylation is 1. The van der Waals surface area contributed by atoms with E-state index in [-0.39, 0.29) is 18.6 Å². The van der Waals surface area contributed by atoms with Crippen molar-refractivity contribution in [2.24, 2.45) is 5.10 Å². The summed E-state index contributed by atoms with van der Waals surface area (Å²) in [5.41, 5.74) is 4.19. The van der Waals surface area contributed by atoms with Crippen molar-refractivity contribution >= 4 is 57.2 Å². The standard InChI is InChI=1S/C23H26BrClN4O5/c1-5-14(3)27-22(31)23(32)29-26-11-15-8-17(24)21(19(9-15)33-4)34-12-20(30)28-16-7-6-13(2)18(25)10-16/h6-11,14H,5,12H2,1-4H3,(H,27,31)(H,28,30)(H,29,32)/b26-11-/t14-/m1/s1. The minimum atomic E-state index is -0.872. The van der Waals surface area contributed by atoms with Crippen LogP contribution in [-0.2, 0) is 14.4 Å². The van der Waals surface area contributed by atoms with Crippen LogP contribution in [0.5, 0.6) is 11.5 Å². The maximum atomic E-state index is 12.3. The minimum Gasteiger partial charge on any atom is -0.493 e. The van der Waals surface area contributed by atoms with E-state index in [4.69, 9.17) is 21.1 Å². The Balaban J connectivity index is 2.00. The Morgan fingerprint density at radius 1 is 1.21 bits per heavy atom. The predicted molar refractivity (Wildman–Crippen MR) is 135 cm³/mol. The summed E-state index contributed by atoms with van der Waals surface area (Å²) in [6, 6.07) is 8.35. The smallest absolute Gasteiger partial charge is 0.329 e. The Hall–Kier alpha value is -3.11. The van der Waals surface area contributed by atoms with Gasteiger partial charge in [0.25, 0.3) is 5.91 Å². The van der Waals surface area contributed by atoms with Gasteiger partial charge in [-0.1, -0.05) is 24.6 Å². The van der Waals surface area contributed by atoms with Crippen LogP contribution in [0.2, 0.25) is 5.02 Å². The molecular weight excluding hydrogens is 528 g/mol. The average Bonchev–Trinajstić information content (AvgIpc) is 2.80. The van der Waals surface area contributed by atoms with Gasteiger partial charge in [-0.15, -0.1) is 0 Å². The van der Waals surface area contributed by atoms with Crippen LogP contribution in [-0.4, -0.2) is 43.7 Å². The molecule has 2 aromatic rings. The van der Waals surface area contributed by atoms with Crippen LogP contribution in [0.15, 0.2) is 39.9 Å². The maximum absolute atomic E-state index is 12.3. The molecule has 0 aliphatic rings. The zero-order valence-electron chi connectivity index (χ0n) is 19.2. The quantitative estimate of drug-likeness (QED) is 0.248. The molecule has 3 amide bonds. The average molecular weight is 554 g/mol. The summed E-state index contributed by atoms with van der Waals surface area (Å²) >= 11 is 9.47. The molecule has 0 unspecified atom stereocenters. The molecule has 0 bridgehead atoms. The first-order chi connectivity index (χ1) is 16.1. The highest BCUT2D eigenvalue weighted by Gasteiger charge is 2.15. The number of nitrogens with one attached hydrogen (secondary N) is 3. The van der Waals surface area contributed by atoms with Crippen molar-refractivity contribution in [1.82, 2.24) is 10.7 Å². The molecule has 0 saturated heterocycles. The van der Waals surface area contributed by atoms with Crippen LogP contribution in [0.25, 0.3) is 0 Å². The summed E-state index contributed by atoms with van der Waals surface area (Å²) in [6.07, 6.45) is 2.05. The van der Waals surface area contributed by atoms with Gasteiger partial charge in [-0.05, 0) is 71.6 Å². The number of anilines is 1. The third kappa shape index (κ3) is 8.03. The molecule has 0 saturated carbocycles. The highest BCUT2D eigenvalue weighted by molar-refractivity contribution is 9.10. The van der Waals surface area contributed by atoms with Gasteiger partial charge in [0, 0.05) is 16.8 Å². The molecule has 0 radical (unpaired) electrons. The molecule has 0 aromatic heterocycles. The molecule has 11 heteroatoms. The van der Waals surface area contributed by atoms with Gasteiger partial charge >= 0.3 is 11.8 Å². The molecule has 2 rings (SSSR count). The van der Waals surface area contributed by atoms with Crippen LogP contribution >= 0.6 is 27.5 Å². The van der Waals surface area contributed by atoms with Crippen LogP contribution in [0, 0.1) is 6.92 Å². The van der Waals surface area contributed by atoms with E-state index in [1.807, 2.05) is 13.8 Å². The van der Waals surface area contributed by atoms with Gasteiger partial charge in [0.1, 0.15) is 0 Å². The largest absolute Gasteiger partial charge is 0.493 e. The second-order valence-electron chi connectivity index (χ2n) is 7.32. The summed E-state index contributed by atoms with van der Waals surface area (Å²) in [6.45, 7) is 5.29. The van der Waals surface area contributed by atoms with Crippen molar-refractivity contribution < 1.29 is 23.9 Å². The van der Waals surface area contributed by atoms with E-state index in [9.17, 15) is 14.4 Å². The van der Waals surface area contributed by atoms with Gasteiger partial charge in [-0.3, -0.25) is 14.4 Å².